The van der Waals surface area contributed by atoms with E-state index in [1.807, 2.05) is 17.5 Å². The molecule has 3 heterocycles. The van der Waals surface area contributed by atoms with E-state index < -0.39 is 0 Å². The third-order valence-corrected chi connectivity index (χ3v) is 3.74. The molecule has 98 valence electrons. The summed E-state index contributed by atoms with van der Waals surface area (Å²) in [6.07, 6.45) is 1.05. The lowest BCUT2D eigenvalue weighted by atomic mass is 10.3. The maximum atomic E-state index is 5.85. The van der Waals surface area contributed by atoms with Crippen LogP contribution in [0.15, 0.2) is 22.0 Å². The van der Waals surface area contributed by atoms with Crippen molar-refractivity contribution in [2.45, 2.75) is 19.0 Å². The van der Waals surface area contributed by atoms with Gasteiger partial charge in [-0.3, -0.25) is 4.90 Å². The average Bonchev–Trinajstić information content (AvgIpc) is 3.00. The summed E-state index contributed by atoms with van der Waals surface area (Å²) in [5, 5.41) is 5.99. The number of aromatic nitrogens is 2. The molecule has 18 heavy (non-hydrogen) atoms. The van der Waals surface area contributed by atoms with Crippen LogP contribution < -0.4 is 5.73 Å². The molecule has 2 aromatic heterocycles. The molecule has 0 bridgehead atoms. The Morgan fingerprint density at radius 2 is 2.44 bits per heavy atom. The molecular formula is C11H15ClN4OS. The van der Waals surface area contributed by atoms with Gasteiger partial charge >= 0.3 is 0 Å². The highest BCUT2D eigenvalue weighted by atomic mass is 35.5. The normalized spacial score (nSPS) is 19.9. The minimum absolute atomic E-state index is 0. The van der Waals surface area contributed by atoms with Crippen LogP contribution in [0.1, 0.15) is 12.3 Å². The molecule has 1 aliphatic rings. The number of hydrogen-bond acceptors (Lipinski definition) is 6. The van der Waals surface area contributed by atoms with Crippen molar-refractivity contribution in [3.63, 3.8) is 0 Å². The first-order valence-electron chi connectivity index (χ1n) is 5.65. The van der Waals surface area contributed by atoms with Crippen LogP contribution in [0.2, 0.25) is 0 Å². The molecule has 1 aliphatic heterocycles. The van der Waals surface area contributed by atoms with E-state index in [4.69, 9.17) is 10.3 Å². The number of rotatable bonds is 3. The summed E-state index contributed by atoms with van der Waals surface area (Å²) in [5.74, 6) is 1.35. The third kappa shape index (κ3) is 2.89. The van der Waals surface area contributed by atoms with Crippen molar-refractivity contribution >= 4 is 23.7 Å². The van der Waals surface area contributed by atoms with Gasteiger partial charge in [-0.2, -0.15) is 4.98 Å². The lowest BCUT2D eigenvalue weighted by molar-refractivity contribution is 0.265. The number of likely N-dealkylation sites (tertiary alicyclic amines) is 1. The maximum Gasteiger partial charge on any atom is 0.241 e. The van der Waals surface area contributed by atoms with E-state index in [1.54, 1.807) is 11.3 Å². The lowest BCUT2D eigenvalue weighted by Gasteiger charge is -2.10. The first-order valence-corrected chi connectivity index (χ1v) is 6.53. The molecule has 0 spiro atoms. The van der Waals surface area contributed by atoms with Gasteiger partial charge in [-0.1, -0.05) is 11.2 Å². The van der Waals surface area contributed by atoms with Gasteiger partial charge in [-0.15, -0.1) is 23.7 Å². The molecule has 1 fully saturated rings. The molecule has 2 N–H and O–H groups in total. The second kappa shape index (κ2) is 5.79. The van der Waals surface area contributed by atoms with Crippen LogP contribution >= 0.6 is 23.7 Å². The Hall–Kier alpha value is -0.950. The molecule has 1 atom stereocenters. The Morgan fingerprint density at radius 1 is 1.56 bits per heavy atom. The minimum Gasteiger partial charge on any atom is -0.338 e. The van der Waals surface area contributed by atoms with Gasteiger partial charge in [-0.05, 0) is 17.9 Å². The minimum atomic E-state index is 0. The number of halogens is 1. The highest BCUT2D eigenvalue weighted by Crippen LogP contribution is 2.22. The summed E-state index contributed by atoms with van der Waals surface area (Å²) in [6.45, 7) is 2.63. The fourth-order valence-corrected chi connectivity index (χ4v) is 2.67. The molecule has 2 aromatic rings. The largest absolute Gasteiger partial charge is 0.338 e. The maximum absolute atomic E-state index is 5.85. The Balaban J connectivity index is 0.00000120. The second-order valence-electron chi connectivity index (χ2n) is 4.27. The fourth-order valence-electron chi connectivity index (χ4n) is 2.02. The van der Waals surface area contributed by atoms with E-state index in [-0.39, 0.29) is 18.4 Å². The monoisotopic (exact) mass is 286 g/mol. The van der Waals surface area contributed by atoms with Crippen LogP contribution in [0.25, 0.3) is 10.7 Å². The van der Waals surface area contributed by atoms with Crippen molar-refractivity contribution in [2.24, 2.45) is 5.73 Å². The zero-order valence-corrected chi connectivity index (χ0v) is 11.4. The van der Waals surface area contributed by atoms with E-state index in [9.17, 15) is 0 Å². The predicted octanol–water partition coefficient (Wildman–Crippen LogP) is 1.75. The number of nitrogens with two attached hydrogens (primary N) is 1. The number of nitrogens with zero attached hydrogens (tertiary/aromatic N) is 3. The molecule has 5 nitrogen and oxygen atoms in total. The van der Waals surface area contributed by atoms with Crippen LogP contribution in [-0.4, -0.2) is 34.2 Å². The summed E-state index contributed by atoms with van der Waals surface area (Å²) < 4.78 is 5.25. The molecule has 0 amide bonds. The van der Waals surface area contributed by atoms with Crippen molar-refractivity contribution in [1.29, 1.82) is 0 Å². The molecular weight excluding hydrogens is 272 g/mol. The summed E-state index contributed by atoms with van der Waals surface area (Å²) in [5.41, 5.74) is 5.85. The van der Waals surface area contributed by atoms with Gasteiger partial charge in [0.15, 0.2) is 0 Å². The molecule has 0 aromatic carbocycles. The Kier molecular flexibility index (Phi) is 4.34. The van der Waals surface area contributed by atoms with E-state index in [0.717, 1.165) is 24.4 Å². The first-order chi connectivity index (χ1) is 8.31. The first kappa shape index (κ1) is 13.5. The van der Waals surface area contributed by atoms with Crippen LogP contribution in [0, 0.1) is 0 Å². The van der Waals surface area contributed by atoms with Crippen molar-refractivity contribution in [3.05, 3.63) is 23.4 Å². The predicted molar refractivity (Wildman–Crippen MR) is 72.7 cm³/mol. The zero-order valence-electron chi connectivity index (χ0n) is 9.78. The van der Waals surface area contributed by atoms with Gasteiger partial charge in [0.1, 0.15) is 0 Å². The van der Waals surface area contributed by atoms with Crippen LogP contribution in [-0.2, 0) is 6.54 Å². The summed E-state index contributed by atoms with van der Waals surface area (Å²) in [6, 6.07) is 4.26. The van der Waals surface area contributed by atoms with Crippen molar-refractivity contribution < 1.29 is 4.52 Å². The Bertz CT molecular complexity index is 487. The van der Waals surface area contributed by atoms with E-state index >= 15 is 0 Å². The quantitative estimate of drug-likeness (QED) is 0.931. The van der Waals surface area contributed by atoms with E-state index in [2.05, 4.69) is 15.0 Å². The third-order valence-electron chi connectivity index (χ3n) is 2.88. The molecule has 0 radical (unpaired) electrons. The van der Waals surface area contributed by atoms with Crippen molar-refractivity contribution in [2.75, 3.05) is 13.1 Å². The molecule has 3 rings (SSSR count). The van der Waals surface area contributed by atoms with Crippen LogP contribution in [0.3, 0.4) is 0 Å². The van der Waals surface area contributed by atoms with E-state index in [1.165, 1.54) is 0 Å². The van der Waals surface area contributed by atoms with Crippen LogP contribution in [0.4, 0.5) is 0 Å². The summed E-state index contributed by atoms with van der Waals surface area (Å²) >= 11 is 1.61. The fraction of sp³-hybridized carbons (Fsp3) is 0.455. The SMILES string of the molecule is Cl.N[C@H]1CCN(Cc2nc(-c3cccs3)no2)C1. The Labute approximate surface area is 115 Å². The number of hydrogen-bond donors (Lipinski definition) is 1. The smallest absolute Gasteiger partial charge is 0.241 e. The second-order valence-corrected chi connectivity index (χ2v) is 5.22. The zero-order chi connectivity index (χ0) is 11.7. The molecule has 1 saturated heterocycles. The van der Waals surface area contributed by atoms with Gasteiger partial charge in [0.2, 0.25) is 11.7 Å². The highest BCUT2D eigenvalue weighted by Gasteiger charge is 2.21. The molecule has 0 saturated carbocycles. The van der Waals surface area contributed by atoms with Crippen molar-refractivity contribution in [1.82, 2.24) is 15.0 Å². The van der Waals surface area contributed by atoms with E-state index in [0.29, 0.717) is 18.3 Å². The van der Waals surface area contributed by atoms with Gasteiger partial charge in [0.25, 0.3) is 0 Å². The molecule has 0 unspecified atom stereocenters. The molecule has 0 aliphatic carbocycles. The lowest BCUT2D eigenvalue weighted by Crippen LogP contribution is -2.26. The summed E-state index contributed by atoms with van der Waals surface area (Å²) in [7, 11) is 0. The number of thiophene rings is 1. The van der Waals surface area contributed by atoms with Gasteiger partial charge in [0.05, 0.1) is 11.4 Å². The van der Waals surface area contributed by atoms with Crippen LogP contribution in [0.5, 0.6) is 0 Å². The average molecular weight is 287 g/mol. The topological polar surface area (TPSA) is 68.2 Å². The standard InChI is InChI=1S/C11H14N4OS.ClH/c12-8-3-4-15(6-8)7-10-13-11(14-16-10)9-2-1-5-17-9;/h1-2,5,8H,3-4,6-7,12H2;1H/t8-;/m0./s1. The molecule has 7 heteroatoms. The summed E-state index contributed by atoms with van der Waals surface area (Å²) in [4.78, 5) is 7.68. The van der Waals surface area contributed by atoms with Gasteiger partial charge in [0, 0.05) is 19.1 Å². The van der Waals surface area contributed by atoms with Gasteiger partial charge < -0.3 is 10.3 Å². The highest BCUT2D eigenvalue weighted by molar-refractivity contribution is 7.13. The van der Waals surface area contributed by atoms with Crippen molar-refractivity contribution in [3.8, 4) is 10.7 Å². The Morgan fingerprint density at radius 3 is 3.11 bits per heavy atom. The van der Waals surface area contributed by atoms with Gasteiger partial charge in [-0.25, -0.2) is 0 Å².